The molecule has 1 unspecified atom stereocenters. The summed E-state index contributed by atoms with van der Waals surface area (Å²) in [4.78, 5) is 11.0. The number of nitrogens with two attached hydrogens (primary N) is 1. The van der Waals surface area contributed by atoms with Crippen molar-refractivity contribution in [1.29, 1.82) is 0 Å². The van der Waals surface area contributed by atoms with E-state index in [0.717, 1.165) is 0 Å². The van der Waals surface area contributed by atoms with Crippen LogP contribution < -0.4 is 11.3 Å². The molecule has 0 aliphatic rings. The molecule has 0 aromatic carbocycles. The Morgan fingerprint density at radius 1 is 1.82 bits per heavy atom. The molecular formula is C7H11N3O. The number of aromatic nitrogens is 2. The van der Waals surface area contributed by atoms with Crippen molar-refractivity contribution in [1.82, 2.24) is 9.78 Å². The van der Waals surface area contributed by atoms with E-state index < -0.39 is 0 Å². The maximum Gasteiger partial charge on any atom is 0.266 e. The fourth-order valence-corrected chi connectivity index (χ4v) is 0.797. The van der Waals surface area contributed by atoms with Crippen LogP contribution in [-0.2, 0) is 6.54 Å². The molecule has 0 saturated carbocycles. The molecule has 0 bridgehead atoms. The number of rotatable bonds is 2. The summed E-state index contributed by atoms with van der Waals surface area (Å²) in [6, 6.07) is 3.04. The van der Waals surface area contributed by atoms with Gasteiger partial charge >= 0.3 is 0 Å². The summed E-state index contributed by atoms with van der Waals surface area (Å²) in [5, 5.41) is 3.84. The molecule has 1 aromatic rings. The van der Waals surface area contributed by atoms with Crippen molar-refractivity contribution in [2.45, 2.75) is 19.5 Å². The van der Waals surface area contributed by atoms with Crippen LogP contribution in [0.25, 0.3) is 0 Å². The molecule has 60 valence electrons. The molecule has 4 heteroatoms. The first-order valence-corrected chi connectivity index (χ1v) is 3.48. The topological polar surface area (TPSA) is 60.9 Å². The zero-order valence-corrected chi connectivity index (χ0v) is 6.40. The normalized spacial score (nSPS) is 12.9. The largest absolute Gasteiger partial charge is 0.326 e. The third kappa shape index (κ3) is 2.16. The Hall–Kier alpha value is -1.16. The summed E-state index contributed by atoms with van der Waals surface area (Å²) in [6.07, 6.45) is 1.57. The van der Waals surface area contributed by atoms with Crippen LogP contribution in [0.4, 0.5) is 0 Å². The highest BCUT2D eigenvalue weighted by Gasteiger charge is 1.97. The Morgan fingerprint density at radius 2 is 2.55 bits per heavy atom. The van der Waals surface area contributed by atoms with Crippen molar-refractivity contribution < 1.29 is 0 Å². The second-order valence-corrected chi connectivity index (χ2v) is 2.52. The molecular weight excluding hydrogens is 142 g/mol. The summed E-state index contributed by atoms with van der Waals surface area (Å²) in [5.74, 6) is 0. The standard InChI is InChI=1S/C7H11N3O/c1-6(8)5-10-7(11)3-2-4-9-10/h2-4,6H,5,8H2,1H3. The van der Waals surface area contributed by atoms with Crippen LogP contribution in [-0.4, -0.2) is 15.8 Å². The third-order valence-corrected chi connectivity index (χ3v) is 1.25. The number of nitrogens with zero attached hydrogens (tertiary/aromatic N) is 2. The smallest absolute Gasteiger partial charge is 0.266 e. The summed E-state index contributed by atoms with van der Waals surface area (Å²) in [5.41, 5.74) is 5.39. The average Bonchev–Trinajstić information content (AvgIpc) is 1.93. The van der Waals surface area contributed by atoms with E-state index in [2.05, 4.69) is 5.10 Å². The molecule has 4 nitrogen and oxygen atoms in total. The lowest BCUT2D eigenvalue weighted by Crippen LogP contribution is -2.30. The minimum absolute atomic E-state index is 0.0393. The van der Waals surface area contributed by atoms with Crippen molar-refractivity contribution >= 4 is 0 Å². The molecule has 0 fully saturated rings. The van der Waals surface area contributed by atoms with Crippen molar-refractivity contribution in [3.05, 3.63) is 28.7 Å². The third-order valence-electron chi connectivity index (χ3n) is 1.25. The number of hydrogen-bond donors (Lipinski definition) is 1. The van der Waals surface area contributed by atoms with Crippen molar-refractivity contribution in [2.75, 3.05) is 0 Å². The molecule has 0 amide bonds. The van der Waals surface area contributed by atoms with Gasteiger partial charge in [0.15, 0.2) is 0 Å². The van der Waals surface area contributed by atoms with E-state index in [-0.39, 0.29) is 11.6 Å². The molecule has 0 spiro atoms. The Balaban J connectivity index is 2.87. The zero-order valence-electron chi connectivity index (χ0n) is 6.40. The van der Waals surface area contributed by atoms with Crippen LogP contribution in [0.3, 0.4) is 0 Å². The number of hydrogen-bond acceptors (Lipinski definition) is 3. The van der Waals surface area contributed by atoms with E-state index in [1.807, 2.05) is 6.92 Å². The first-order valence-electron chi connectivity index (χ1n) is 3.48. The summed E-state index contributed by atoms with van der Waals surface area (Å²) < 4.78 is 1.35. The summed E-state index contributed by atoms with van der Waals surface area (Å²) in [7, 11) is 0. The van der Waals surface area contributed by atoms with Crippen LogP contribution in [0.2, 0.25) is 0 Å². The van der Waals surface area contributed by atoms with E-state index in [1.165, 1.54) is 10.7 Å². The molecule has 1 rings (SSSR count). The van der Waals surface area contributed by atoms with Gasteiger partial charge in [-0.25, -0.2) is 4.68 Å². The molecule has 2 N–H and O–H groups in total. The van der Waals surface area contributed by atoms with Gasteiger partial charge in [0.1, 0.15) is 0 Å². The minimum atomic E-state index is -0.107. The van der Waals surface area contributed by atoms with Gasteiger partial charge in [-0.3, -0.25) is 4.79 Å². The van der Waals surface area contributed by atoms with Gasteiger partial charge < -0.3 is 5.73 Å². The van der Waals surface area contributed by atoms with Gasteiger partial charge in [-0.2, -0.15) is 5.10 Å². The van der Waals surface area contributed by atoms with Crippen LogP contribution >= 0.6 is 0 Å². The van der Waals surface area contributed by atoms with Gasteiger partial charge in [0.25, 0.3) is 5.56 Å². The zero-order chi connectivity index (χ0) is 8.27. The van der Waals surface area contributed by atoms with Crippen molar-refractivity contribution in [3.63, 3.8) is 0 Å². The first kappa shape index (κ1) is 7.94. The molecule has 11 heavy (non-hydrogen) atoms. The van der Waals surface area contributed by atoms with E-state index in [1.54, 1.807) is 12.3 Å². The highest BCUT2D eigenvalue weighted by atomic mass is 16.1. The Labute approximate surface area is 64.6 Å². The maximum absolute atomic E-state index is 11.0. The van der Waals surface area contributed by atoms with Crippen molar-refractivity contribution in [3.8, 4) is 0 Å². The fraction of sp³-hybridized carbons (Fsp3) is 0.429. The van der Waals surface area contributed by atoms with Gasteiger partial charge in [-0.05, 0) is 13.0 Å². The summed E-state index contributed by atoms with van der Waals surface area (Å²) in [6.45, 7) is 2.31. The monoisotopic (exact) mass is 153 g/mol. The predicted octanol–water partition coefficient (Wildman–Crippen LogP) is -0.410. The molecule has 0 saturated heterocycles. The lowest BCUT2D eigenvalue weighted by molar-refractivity contribution is 0.513. The Bertz CT molecular complexity index is 279. The SMILES string of the molecule is CC(N)Cn1ncccc1=O. The molecule has 1 heterocycles. The second-order valence-electron chi connectivity index (χ2n) is 2.52. The van der Waals surface area contributed by atoms with Gasteiger partial charge in [0.2, 0.25) is 0 Å². The van der Waals surface area contributed by atoms with E-state index in [4.69, 9.17) is 5.73 Å². The van der Waals surface area contributed by atoms with Crippen molar-refractivity contribution in [2.24, 2.45) is 5.73 Å². The minimum Gasteiger partial charge on any atom is -0.326 e. The van der Waals surface area contributed by atoms with E-state index >= 15 is 0 Å². The van der Waals surface area contributed by atoms with Crippen LogP contribution in [0.1, 0.15) is 6.92 Å². The van der Waals surface area contributed by atoms with Gasteiger partial charge in [-0.15, -0.1) is 0 Å². The van der Waals surface area contributed by atoms with E-state index in [9.17, 15) is 4.79 Å². The maximum atomic E-state index is 11.0. The van der Waals surface area contributed by atoms with Gasteiger partial charge in [0, 0.05) is 18.3 Å². The summed E-state index contributed by atoms with van der Waals surface area (Å²) >= 11 is 0. The molecule has 0 aliphatic carbocycles. The predicted molar refractivity (Wildman–Crippen MR) is 42.1 cm³/mol. The quantitative estimate of drug-likeness (QED) is 0.628. The fourth-order valence-electron chi connectivity index (χ4n) is 0.797. The molecule has 0 aliphatic heterocycles. The van der Waals surface area contributed by atoms with Crippen LogP contribution in [0.5, 0.6) is 0 Å². The Morgan fingerprint density at radius 3 is 3.09 bits per heavy atom. The molecule has 1 aromatic heterocycles. The average molecular weight is 153 g/mol. The lowest BCUT2D eigenvalue weighted by atomic mass is 10.4. The molecule has 1 atom stereocenters. The highest BCUT2D eigenvalue weighted by Crippen LogP contribution is 1.80. The van der Waals surface area contributed by atoms with Crippen LogP contribution in [0, 0.1) is 0 Å². The first-order chi connectivity index (χ1) is 5.20. The van der Waals surface area contributed by atoms with E-state index in [0.29, 0.717) is 6.54 Å². The second kappa shape index (κ2) is 3.30. The highest BCUT2D eigenvalue weighted by molar-refractivity contribution is 4.84. The van der Waals surface area contributed by atoms with Crippen LogP contribution in [0.15, 0.2) is 23.1 Å². The van der Waals surface area contributed by atoms with Gasteiger partial charge in [-0.1, -0.05) is 0 Å². The lowest BCUT2D eigenvalue weighted by Gasteiger charge is -2.05. The Kier molecular flexibility index (Phi) is 2.38. The molecule has 0 radical (unpaired) electrons. The van der Waals surface area contributed by atoms with Gasteiger partial charge in [0.05, 0.1) is 6.54 Å².